The first kappa shape index (κ1) is 17.5. The molecule has 0 unspecified atom stereocenters. The summed E-state index contributed by atoms with van der Waals surface area (Å²) in [5.74, 6) is -0.210. The van der Waals surface area contributed by atoms with E-state index >= 15 is 0 Å². The molecule has 2 amide bonds. The Morgan fingerprint density at radius 2 is 1.90 bits per heavy atom. The molecule has 1 aromatic rings. The van der Waals surface area contributed by atoms with Gasteiger partial charge >= 0.3 is 0 Å². The molecule has 0 aliphatic heterocycles. The second kappa shape index (κ2) is 8.69. The molecule has 0 bridgehead atoms. The maximum Gasteiger partial charge on any atom is 0.238 e. The summed E-state index contributed by atoms with van der Waals surface area (Å²) in [4.78, 5) is 26.3. The van der Waals surface area contributed by atoms with Crippen LogP contribution in [0.15, 0.2) is 29.2 Å². The van der Waals surface area contributed by atoms with Crippen LogP contribution in [0.4, 0.5) is 5.69 Å². The second-order valence-electron chi connectivity index (χ2n) is 5.17. The number of nitrogens with zero attached hydrogens (tertiary/aromatic N) is 1. The van der Waals surface area contributed by atoms with Gasteiger partial charge in [-0.3, -0.25) is 14.5 Å². The van der Waals surface area contributed by atoms with Gasteiger partial charge in [0.05, 0.1) is 13.1 Å². The van der Waals surface area contributed by atoms with Gasteiger partial charge in [-0.2, -0.15) is 0 Å². The summed E-state index contributed by atoms with van der Waals surface area (Å²) < 4.78 is 0. The van der Waals surface area contributed by atoms with Gasteiger partial charge in [-0.1, -0.05) is 6.07 Å². The van der Waals surface area contributed by atoms with E-state index in [0.717, 1.165) is 10.6 Å². The maximum atomic E-state index is 11.9. The molecule has 0 aromatic heterocycles. The minimum Gasteiger partial charge on any atom is -0.353 e. The van der Waals surface area contributed by atoms with Gasteiger partial charge in [-0.15, -0.1) is 11.8 Å². The van der Waals surface area contributed by atoms with Crippen molar-refractivity contribution in [3.8, 4) is 0 Å². The molecule has 0 aliphatic carbocycles. The SMILES string of the molecule is CSc1cccc(NC(=O)CN(C)CC(=O)NC(C)C)c1. The number of nitrogens with one attached hydrogen (secondary N) is 2. The lowest BCUT2D eigenvalue weighted by Crippen LogP contribution is -2.41. The number of carbonyl (C=O) groups is 2. The van der Waals surface area contributed by atoms with Gasteiger partial charge < -0.3 is 10.6 Å². The van der Waals surface area contributed by atoms with E-state index in [1.165, 1.54) is 0 Å². The molecule has 0 spiro atoms. The van der Waals surface area contributed by atoms with E-state index in [2.05, 4.69) is 10.6 Å². The van der Waals surface area contributed by atoms with E-state index in [9.17, 15) is 9.59 Å². The average molecular weight is 309 g/mol. The number of rotatable bonds is 7. The molecule has 116 valence electrons. The summed E-state index contributed by atoms with van der Waals surface area (Å²) >= 11 is 1.62. The molecule has 5 nitrogen and oxygen atoms in total. The van der Waals surface area contributed by atoms with E-state index in [-0.39, 0.29) is 30.9 Å². The molecular weight excluding hydrogens is 286 g/mol. The fraction of sp³-hybridized carbons (Fsp3) is 0.467. The Morgan fingerprint density at radius 3 is 2.52 bits per heavy atom. The van der Waals surface area contributed by atoms with Gasteiger partial charge in [-0.25, -0.2) is 0 Å². The highest BCUT2D eigenvalue weighted by Gasteiger charge is 2.11. The highest BCUT2D eigenvalue weighted by molar-refractivity contribution is 7.98. The third-order valence-electron chi connectivity index (χ3n) is 2.63. The van der Waals surface area contributed by atoms with Crippen molar-refractivity contribution in [2.75, 3.05) is 31.7 Å². The minimum atomic E-state index is -0.131. The van der Waals surface area contributed by atoms with Crippen LogP contribution in [0.25, 0.3) is 0 Å². The predicted molar refractivity (Wildman–Crippen MR) is 87.6 cm³/mol. The van der Waals surface area contributed by atoms with Crippen LogP contribution in [0, 0.1) is 0 Å². The van der Waals surface area contributed by atoms with Crippen molar-refractivity contribution in [2.24, 2.45) is 0 Å². The third-order valence-corrected chi connectivity index (χ3v) is 3.36. The van der Waals surface area contributed by atoms with Crippen LogP contribution in [0.2, 0.25) is 0 Å². The van der Waals surface area contributed by atoms with Crippen molar-refractivity contribution in [1.82, 2.24) is 10.2 Å². The van der Waals surface area contributed by atoms with Gasteiger partial charge in [0.2, 0.25) is 11.8 Å². The highest BCUT2D eigenvalue weighted by atomic mass is 32.2. The van der Waals surface area contributed by atoms with Crippen LogP contribution in [-0.2, 0) is 9.59 Å². The monoisotopic (exact) mass is 309 g/mol. The van der Waals surface area contributed by atoms with Crippen molar-refractivity contribution in [1.29, 1.82) is 0 Å². The van der Waals surface area contributed by atoms with E-state index in [0.29, 0.717) is 0 Å². The van der Waals surface area contributed by atoms with Gasteiger partial charge in [0, 0.05) is 16.6 Å². The summed E-state index contributed by atoms with van der Waals surface area (Å²) in [6.45, 7) is 4.19. The topological polar surface area (TPSA) is 61.4 Å². The van der Waals surface area contributed by atoms with E-state index in [1.54, 1.807) is 23.7 Å². The number of benzene rings is 1. The smallest absolute Gasteiger partial charge is 0.238 e. The zero-order valence-corrected chi connectivity index (χ0v) is 13.8. The Hall–Kier alpha value is -1.53. The number of thioether (sulfide) groups is 1. The molecule has 21 heavy (non-hydrogen) atoms. The molecule has 2 N–H and O–H groups in total. The molecule has 1 aromatic carbocycles. The number of anilines is 1. The maximum absolute atomic E-state index is 11.9. The number of hydrogen-bond donors (Lipinski definition) is 2. The normalized spacial score (nSPS) is 10.8. The molecule has 0 radical (unpaired) electrons. The first-order chi connectivity index (χ1) is 9.90. The van der Waals surface area contributed by atoms with Crippen molar-refractivity contribution >= 4 is 29.3 Å². The zero-order chi connectivity index (χ0) is 15.8. The van der Waals surface area contributed by atoms with Gasteiger partial charge in [0.1, 0.15) is 0 Å². The highest BCUT2D eigenvalue weighted by Crippen LogP contribution is 2.18. The lowest BCUT2D eigenvalue weighted by molar-refractivity contribution is -0.123. The Morgan fingerprint density at radius 1 is 1.24 bits per heavy atom. The molecular formula is C15H23N3O2S. The van der Waals surface area contributed by atoms with E-state index < -0.39 is 0 Å². The molecule has 1 rings (SSSR count). The van der Waals surface area contributed by atoms with E-state index in [4.69, 9.17) is 0 Å². The largest absolute Gasteiger partial charge is 0.353 e. The molecule has 0 saturated carbocycles. The van der Waals surface area contributed by atoms with Crippen molar-refractivity contribution in [3.05, 3.63) is 24.3 Å². The third kappa shape index (κ3) is 7.15. The molecule has 0 saturated heterocycles. The molecule has 0 aliphatic rings. The average Bonchev–Trinajstić information content (AvgIpc) is 2.37. The fourth-order valence-corrected chi connectivity index (χ4v) is 2.27. The standard InChI is InChI=1S/C15H23N3O2S/c1-11(2)16-14(19)9-18(3)10-15(20)17-12-6-5-7-13(8-12)21-4/h5-8,11H,9-10H2,1-4H3,(H,16,19)(H,17,20). The zero-order valence-electron chi connectivity index (χ0n) is 13.0. The summed E-state index contributed by atoms with van der Waals surface area (Å²) in [6, 6.07) is 7.77. The van der Waals surface area contributed by atoms with Crippen molar-refractivity contribution in [2.45, 2.75) is 24.8 Å². The Kier molecular flexibility index (Phi) is 7.25. The first-order valence-electron chi connectivity index (χ1n) is 6.82. The van der Waals surface area contributed by atoms with Crippen LogP contribution in [0.3, 0.4) is 0 Å². The first-order valence-corrected chi connectivity index (χ1v) is 8.05. The van der Waals surface area contributed by atoms with Gasteiger partial charge in [0.15, 0.2) is 0 Å². The molecule has 0 heterocycles. The molecule has 0 atom stereocenters. The van der Waals surface area contributed by atoms with Gasteiger partial charge in [0.25, 0.3) is 0 Å². The molecule has 0 fully saturated rings. The number of amides is 2. The Balaban J connectivity index is 2.43. The van der Waals surface area contributed by atoms with Crippen molar-refractivity contribution in [3.63, 3.8) is 0 Å². The summed E-state index contributed by atoms with van der Waals surface area (Å²) in [7, 11) is 1.75. The van der Waals surface area contributed by atoms with Crippen LogP contribution >= 0.6 is 11.8 Å². The second-order valence-corrected chi connectivity index (χ2v) is 6.05. The number of hydrogen-bond acceptors (Lipinski definition) is 4. The Labute approximate surface area is 130 Å². The van der Waals surface area contributed by atoms with Gasteiger partial charge in [-0.05, 0) is 45.4 Å². The van der Waals surface area contributed by atoms with Crippen LogP contribution in [0.1, 0.15) is 13.8 Å². The lowest BCUT2D eigenvalue weighted by atomic mass is 10.3. The predicted octanol–water partition coefficient (Wildman–Crippen LogP) is 1.80. The quantitative estimate of drug-likeness (QED) is 0.754. The van der Waals surface area contributed by atoms with E-state index in [1.807, 2.05) is 44.4 Å². The minimum absolute atomic E-state index is 0.0790. The van der Waals surface area contributed by atoms with Crippen LogP contribution in [0.5, 0.6) is 0 Å². The number of carbonyl (C=O) groups excluding carboxylic acids is 2. The molecule has 6 heteroatoms. The van der Waals surface area contributed by atoms with Crippen LogP contribution < -0.4 is 10.6 Å². The summed E-state index contributed by atoms with van der Waals surface area (Å²) in [5, 5.41) is 5.63. The van der Waals surface area contributed by atoms with Crippen LogP contribution in [-0.4, -0.2) is 49.1 Å². The lowest BCUT2D eigenvalue weighted by Gasteiger charge is -2.17. The fourth-order valence-electron chi connectivity index (χ4n) is 1.82. The Bertz CT molecular complexity index is 492. The summed E-state index contributed by atoms with van der Waals surface area (Å²) in [6.07, 6.45) is 1.99. The summed E-state index contributed by atoms with van der Waals surface area (Å²) in [5.41, 5.74) is 0.770. The van der Waals surface area contributed by atoms with Crippen molar-refractivity contribution < 1.29 is 9.59 Å². The number of likely N-dealkylation sites (N-methyl/N-ethyl adjacent to an activating group) is 1.